The maximum absolute atomic E-state index is 12.7. The summed E-state index contributed by atoms with van der Waals surface area (Å²) in [5, 5.41) is 9.65. The Balaban J connectivity index is 1.19. The number of aryl methyl sites for hydroxylation is 2. The van der Waals surface area contributed by atoms with Gasteiger partial charge in [0.05, 0.1) is 5.69 Å². The molecule has 2 aromatic heterocycles. The smallest absolute Gasteiger partial charge is 0.406 e. The Labute approximate surface area is 211 Å². The van der Waals surface area contributed by atoms with E-state index in [1.54, 1.807) is 17.6 Å². The van der Waals surface area contributed by atoms with Crippen molar-refractivity contribution < 1.29 is 17.9 Å². The number of hydrogen-bond acceptors (Lipinski definition) is 7. The number of ether oxygens (including phenoxy) is 1. The number of halogens is 3. The lowest BCUT2D eigenvalue weighted by atomic mass is 9.78. The van der Waals surface area contributed by atoms with Crippen LogP contribution in [0.25, 0.3) is 0 Å². The van der Waals surface area contributed by atoms with Gasteiger partial charge in [0.25, 0.3) is 0 Å². The molecule has 1 saturated heterocycles. The molecule has 0 radical (unpaired) electrons. The van der Waals surface area contributed by atoms with Crippen LogP contribution in [0.4, 0.5) is 24.1 Å². The first-order valence-corrected chi connectivity index (χ1v) is 13.3. The van der Waals surface area contributed by atoms with E-state index in [2.05, 4.69) is 25.4 Å². The summed E-state index contributed by atoms with van der Waals surface area (Å²) in [6, 6.07) is 8.71. The maximum Gasteiger partial charge on any atom is 0.573 e. The Morgan fingerprint density at radius 2 is 2.00 bits per heavy atom. The molecule has 1 aliphatic carbocycles. The van der Waals surface area contributed by atoms with E-state index < -0.39 is 6.36 Å². The molecule has 36 heavy (non-hydrogen) atoms. The molecule has 192 valence electrons. The highest BCUT2D eigenvalue weighted by Gasteiger charge is 2.41. The predicted molar refractivity (Wildman–Crippen MR) is 132 cm³/mol. The fourth-order valence-corrected chi connectivity index (χ4v) is 6.93. The van der Waals surface area contributed by atoms with Crippen LogP contribution >= 0.6 is 11.5 Å². The fourth-order valence-electron chi connectivity index (χ4n) is 6.15. The number of fused-ring (bicyclic) bond motifs is 2. The largest absolute Gasteiger partial charge is 0.573 e. The Morgan fingerprint density at radius 1 is 1.11 bits per heavy atom. The normalized spacial score (nSPS) is 25.9. The second-order valence-electron chi connectivity index (χ2n) is 10.1. The van der Waals surface area contributed by atoms with Crippen molar-refractivity contribution in [3.8, 4) is 5.75 Å². The van der Waals surface area contributed by atoms with Gasteiger partial charge in [-0.3, -0.25) is 0 Å². The van der Waals surface area contributed by atoms with Crippen molar-refractivity contribution in [1.29, 1.82) is 0 Å². The third-order valence-corrected chi connectivity index (χ3v) is 8.65. The number of nitrogens with zero attached hydrogens (tertiary/aromatic N) is 5. The molecule has 0 amide bonds. The topological polar surface area (TPSA) is 68.1 Å². The first kappa shape index (κ1) is 23.6. The highest BCUT2D eigenvalue weighted by molar-refractivity contribution is 7.10. The molecule has 3 aliphatic rings. The molecule has 1 aromatic carbocycles. The van der Waals surface area contributed by atoms with Gasteiger partial charge < -0.3 is 15.0 Å². The van der Waals surface area contributed by atoms with E-state index >= 15 is 0 Å². The first-order chi connectivity index (χ1) is 17.3. The molecule has 3 aromatic rings. The minimum Gasteiger partial charge on any atom is -0.406 e. The molecule has 0 spiro atoms. The Morgan fingerprint density at radius 3 is 2.81 bits per heavy atom. The molecule has 2 aliphatic heterocycles. The number of alkyl halides is 3. The number of nitrogens with one attached hydrogen (secondary N) is 1. The molecular weight excluding hydrogens is 489 g/mol. The lowest BCUT2D eigenvalue weighted by Gasteiger charge is -2.33. The molecule has 1 saturated carbocycles. The van der Waals surface area contributed by atoms with Gasteiger partial charge in [-0.25, -0.2) is 4.68 Å². The number of aromatic nitrogens is 4. The van der Waals surface area contributed by atoms with Crippen LogP contribution in [0.1, 0.15) is 55.1 Å². The average molecular weight is 519 g/mol. The van der Waals surface area contributed by atoms with E-state index in [1.807, 2.05) is 17.7 Å². The maximum atomic E-state index is 12.7. The summed E-state index contributed by atoms with van der Waals surface area (Å²) in [6.07, 6.45) is 0.488. The summed E-state index contributed by atoms with van der Waals surface area (Å²) in [6.45, 7) is 4.86. The summed E-state index contributed by atoms with van der Waals surface area (Å²) in [5.74, 6) is 2.26. The third kappa shape index (κ3) is 4.77. The molecule has 2 fully saturated rings. The van der Waals surface area contributed by atoms with Crippen LogP contribution in [-0.4, -0.2) is 44.6 Å². The Bertz CT molecular complexity index is 1230. The SMILES string of the molecule is Cc1cc(N2CC3CCC[C@@H](Nc4nc5n(n4)CCCC5c4cccc(OC(F)(F)F)c4)[C@@H]3C2)sn1. The summed E-state index contributed by atoms with van der Waals surface area (Å²) in [7, 11) is 0. The minimum atomic E-state index is -4.71. The lowest BCUT2D eigenvalue weighted by molar-refractivity contribution is -0.274. The number of hydrogen-bond donors (Lipinski definition) is 1. The molecule has 0 bridgehead atoms. The third-order valence-electron chi connectivity index (χ3n) is 7.71. The van der Waals surface area contributed by atoms with Gasteiger partial charge in [-0.05, 0) is 73.8 Å². The van der Waals surface area contributed by atoms with Crippen molar-refractivity contribution in [3.05, 3.63) is 47.4 Å². The van der Waals surface area contributed by atoms with Crippen molar-refractivity contribution in [3.63, 3.8) is 0 Å². The van der Waals surface area contributed by atoms with E-state index in [0.29, 0.717) is 23.8 Å². The second kappa shape index (κ2) is 9.24. The van der Waals surface area contributed by atoms with Gasteiger partial charge in [-0.2, -0.15) is 9.36 Å². The van der Waals surface area contributed by atoms with Crippen LogP contribution in [0.5, 0.6) is 5.75 Å². The van der Waals surface area contributed by atoms with E-state index in [0.717, 1.165) is 56.0 Å². The van der Waals surface area contributed by atoms with Crippen LogP contribution in [0.3, 0.4) is 0 Å². The van der Waals surface area contributed by atoms with Crippen molar-refractivity contribution in [1.82, 2.24) is 19.1 Å². The zero-order chi connectivity index (χ0) is 24.9. The van der Waals surface area contributed by atoms with Crippen molar-refractivity contribution in [2.45, 2.75) is 63.9 Å². The molecule has 7 nitrogen and oxygen atoms in total. The van der Waals surface area contributed by atoms with E-state index in [1.165, 1.54) is 30.0 Å². The van der Waals surface area contributed by atoms with Crippen molar-refractivity contribution in [2.24, 2.45) is 11.8 Å². The zero-order valence-electron chi connectivity index (χ0n) is 20.0. The molecule has 4 heterocycles. The van der Waals surface area contributed by atoms with Crippen LogP contribution < -0.4 is 15.0 Å². The summed E-state index contributed by atoms with van der Waals surface area (Å²) < 4.78 is 48.7. The van der Waals surface area contributed by atoms with Gasteiger partial charge in [0.1, 0.15) is 16.6 Å². The second-order valence-corrected chi connectivity index (χ2v) is 10.9. The van der Waals surface area contributed by atoms with E-state index in [4.69, 9.17) is 10.1 Å². The molecule has 11 heteroatoms. The highest BCUT2D eigenvalue weighted by Crippen LogP contribution is 2.41. The van der Waals surface area contributed by atoms with Crippen LogP contribution in [0.2, 0.25) is 0 Å². The molecule has 2 unspecified atom stereocenters. The summed E-state index contributed by atoms with van der Waals surface area (Å²) >= 11 is 1.57. The lowest BCUT2D eigenvalue weighted by Crippen LogP contribution is -2.37. The van der Waals surface area contributed by atoms with Gasteiger partial charge >= 0.3 is 6.36 Å². The summed E-state index contributed by atoms with van der Waals surface area (Å²) in [4.78, 5) is 7.33. The molecule has 1 N–H and O–H groups in total. The predicted octanol–water partition coefficient (Wildman–Crippen LogP) is 5.58. The van der Waals surface area contributed by atoms with Gasteiger partial charge in [0, 0.05) is 37.5 Å². The van der Waals surface area contributed by atoms with Gasteiger partial charge in [0.15, 0.2) is 0 Å². The van der Waals surface area contributed by atoms with E-state index in [-0.39, 0.29) is 11.7 Å². The van der Waals surface area contributed by atoms with E-state index in [9.17, 15) is 13.2 Å². The quantitative estimate of drug-likeness (QED) is 0.475. The van der Waals surface area contributed by atoms with Crippen LogP contribution in [0, 0.1) is 18.8 Å². The average Bonchev–Trinajstić information content (AvgIpc) is 3.55. The number of benzene rings is 1. The van der Waals surface area contributed by atoms with Gasteiger partial charge in [0.2, 0.25) is 5.95 Å². The van der Waals surface area contributed by atoms with Crippen LogP contribution in [-0.2, 0) is 6.54 Å². The first-order valence-electron chi connectivity index (χ1n) is 12.6. The van der Waals surface area contributed by atoms with Gasteiger partial charge in [-0.1, -0.05) is 18.6 Å². The zero-order valence-corrected chi connectivity index (χ0v) is 20.9. The standard InChI is InChI=1S/C25H29F3N6OS/c1-15-11-22(36-32-15)33-13-17-6-3-9-21(20(17)14-33)29-24-30-23-19(8-4-10-34(23)31-24)16-5-2-7-18(12-16)35-25(26,27)28/h2,5,7,11-12,17,19-21H,3-4,6,8-10,13-14H2,1H3,(H,29,31)/t17?,19?,20-,21-/m1/s1. The number of rotatable bonds is 5. The highest BCUT2D eigenvalue weighted by atomic mass is 32.1. The Kier molecular flexibility index (Phi) is 6.05. The molecule has 6 rings (SSSR count). The monoisotopic (exact) mass is 518 g/mol. The molecular formula is C25H29F3N6OS. The Hall–Kier alpha value is -2.82. The van der Waals surface area contributed by atoms with Crippen LogP contribution in [0.15, 0.2) is 30.3 Å². The van der Waals surface area contributed by atoms with Crippen molar-refractivity contribution >= 4 is 22.5 Å². The molecule has 4 atom stereocenters. The van der Waals surface area contributed by atoms with Gasteiger partial charge in [-0.15, -0.1) is 18.3 Å². The summed E-state index contributed by atoms with van der Waals surface area (Å²) in [5.41, 5.74) is 1.83. The number of anilines is 2. The minimum absolute atomic E-state index is 0.116. The van der Waals surface area contributed by atoms with Crippen molar-refractivity contribution in [2.75, 3.05) is 23.3 Å². The fraction of sp³-hybridized carbons (Fsp3) is 0.560.